The quantitative estimate of drug-likeness (QED) is 0.553. The first-order valence-electron chi connectivity index (χ1n) is 12.3. The molecule has 36 heavy (non-hydrogen) atoms. The Morgan fingerprint density at radius 1 is 1.17 bits per heavy atom. The molecule has 1 saturated heterocycles. The van der Waals surface area contributed by atoms with E-state index in [0.717, 1.165) is 11.1 Å². The van der Waals surface area contributed by atoms with E-state index >= 15 is 0 Å². The van der Waals surface area contributed by atoms with E-state index in [2.05, 4.69) is 17.0 Å². The van der Waals surface area contributed by atoms with Crippen molar-refractivity contribution in [3.63, 3.8) is 0 Å². The Morgan fingerprint density at radius 2 is 1.86 bits per heavy atom. The van der Waals surface area contributed by atoms with Gasteiger partial charge in [-0.05, 0) is 30.4 Å². The van der Waals surface area contributed by atoms with Crippen LogP contribution >= 0.6 is 0 Å². The van der Waals surface area contributed by atoms with Crippen LogP contribution in [0.2, 0.25) is 0 Å². The van der Waals surface area contributed by atoms with Crippen molar-refractivity contribution in [2.75, 3.05) is 13.1 Å². The Hall–Kier alpha value is -3.46. The lowest BCUT2D eigenvalue weighted by atomic mass is 9.84. The molecule has 2 unspecified atom stereocenters. The standard InChI is InChI=1S/C27H35N5O4/c1-17-13-31(25(34)27(3,4)5)11-10-21(17)23-29-26(36-15-20-8-6-19(12-28)7-9-20)32(30-23)24(33)22-16-35-14-18(22)2/h6-9,14,16-17,21H,10-13,15,28H2,1-5H3. The number of nitrogens with two attached hydrogens (primary N) is 1. The number of furan rings is 1. The maximum atomic E-state index is 13.3. The molecule has 9 heteroatoms. The number of aryl methyl sites for hydroxylation is 1. The zero-order valence-electron chi connectivity index (χ0n) is 21.7. The second-order valence-electron chi connectivity index (χ2n) is 10.6. The number of aromatic nitrogens is 3. The fourth-order valence-corrected chi connectivity index (χ4v) is 4.50. The summed E-state index contributed by atoms with van der Waals surface area (Å²) in [6.45, 7) is 11.6. The minimum absolute atomic E-state index is 0.000275. The van der Waals surface area contributed by atoms with Gasteiger partial charge in [0.05, 0.1) is 11.8 Å². The summed E-state index contributed by atoms with van der Waals surface area (Å²) in [5, 5.41) is 4.61. The van der Waals surface area contributed by atoms with Crippen molar-refractivity contribution in [3.8, 4) is 6.01 Å². The maximum Gasteiger partial charge on any atom is 0.323 e. The number of carbonyl (C=O) groups is 2. The average molecular weight is 494 g/mol. The lowest BCUT2D eigenvalue weighted by Crippen LogP contribution is -2.46. The monoisotopic (exact) mass is 493 g/mol. The summed E-state index contributed by atoms with van der Waals surface area (Å²) in [6.07, 6.45) is 3.65. The molecule has 2 N–H and O–H groups in total. The SMILES string of the molecule is Cc1cocc1C(=O)n1nc(C2CCN(C(=O)C(C)(C)C)CC2C)nc1OCc1ccc(CN)cc1. The zero-order chi connectivity index (χ0) is 26.0. The Balaban J connectivity index is 1.58. The number of carbonyl (C=O) groups excluding carboxylic acids is 2. The van der Waals surface area contributed by atoms with Gasteiger partial charge in [-0.1, -0.05) is 52.0 Å². The minimum atomic E-state index is -0.426. The number of hydrogen-bond donors (Lipinski definition) is 1. The Kier molecular flexibility index (Phi) is 7.31. The van der Waals surface area contributed by atoms with Gasteiger partial charge < -0.3 is 19.8 Å². The highest BCUT2D eigenvalue weighted by Crippen LogP contribution is 2.34. The molecule has 4 rings (SSSR count). The topological polar surface area (TPSA) is 116 Å². The first kappa shape index (κ1) is 25.6. The zero-order valence-corrected chi connectivity index (χ0v) is 21.7. The van der Waals surface area contributed by atoms with Crippen LogP contribution in [0.5, 0.6) is 6.01 Å². The highest BCUT2D eigenvalue weighted by Gasteiger charge is 2.36. The molecule has 0 bridgehead atoms. The molecule has 1 aliphatic rings. The normalized spacial score (nSPS) is 18.3. The average Bonchev–Trinajstić information content (AvgIpc) is 3.47. The van der Waals surface area contributed by atoms with Gasteiger partial charge in [-0.25, -0.2) is 0 Å². The summed E-state index contributed by atoms with van der Waals surface area (Å²) in [5.74, 6) is 0.458. The molecule has 0 radical (unpaired) electrons. The van der Waals surface area contributed by atoms with Crippen molar-refractivity contribution in [2.45, 2.75) is 60.1 Å². The highest BCUT2D eigenvalue weighted by molar-refractivity contribution is 5.97. The molecule has 1 fully saturated rings. The summed E-state index contributed by atoms with van der Waals surface area (Å²) in [6, 6.07) is 7.91. The fourth-order valence-electron chi connectivity index (χ4n) is 4.50. The van der Waals surface area contributed by atoms with Gasteiger partial charge in [-0.15, -0.1) is 9.78 Å². The second kappa shape index (κ2) is 10.3. The summed E-state index contributed by atoms with van der Waals surface area (Å²) in [4.78, 5) is 32.7. The maximum absolute atomic E-state index is 13.3. The van der Waals surface area contributed by atoms with Crippen molar-refractivity contribution in [1.29, 1.82) is 0 Å². The molecule has 3 aromatic rings. The van der Waals surface area contributed by atoms with Crippen LogP contribution in [0.1, 0.15) is 72.9 Å². The minimum Gasteiger partial charge on any atom is -0.471 e. The van der Waals surface area contributed by atoms with E-state index in [1.165, 1.54) is 17.2 Å². The van der Waals surface area contributed by atoms with Crippen molar-refractivity contribution >= 4 is 11.8 Å². The van der Waals surface area contributed by atoms with Crippen LogP contribution in [0.3, 0.4) is 0 Å². The Bertz CT molecular complexity index is 1220. The van der Waals surface area contributed by atoms with Crippen LogP contribution in [-0.2, 0) is 17.9 Å². The van der Waals surface area contributed by atoms with Gasteiger partial charge in [0.25, 0.3) is 5.91 Å². The lowest BCUT2D eigenvalue weighted by molar-refractivity contribution is -0.141. The van der Waals surface area contributed by atoms with Gasteiger partial charge in [0.2, 0.25) is 5.91 Å². The number of rotatable bonds is 6. The summed E-state index contributed by atoms with van der Waals surface area (Å²) < 4.78 is 12.4. The molecular formula is C27H35N5O4. The molecule has 0 spiro atoms. The predicted octanol–water partition coefficient (Wildman–Crippen LogP) is 3.90. The van der Waals surface area contributed by atoms with Crippen LogP contribution in [0.4, 0.5) is 0 Å². The van der Waals surface area contributed by atoms with Crippen LogP contribution in [0, 0.1) is 18.3 Å². The smallest absolute Gasteiger partial charge is 0.323 e. The molecule has 0 saturated carbocycles. The van der Waals surface area contributed by atoms with Gasteiger partial charge >= 0.3 is 6.01 Å². The number of amides is 1. The van der Waals surface area contributed by atoms with Crippen LogP contribution < -0.4 is 10.5 Å². The molecule has 1 amide bonds. The van der Waals surface area contributed by atoms with E-state index < -0.39 is 5.41 Å². The van der Waals surface area contributed by atoms with Crippen LogP contribution in [0.25, 0.3) is 0 Å². The second-order valence-corrected chi connectivity index (χ2v) is 10.6. The number of piperidine rings is 1. The van der Waals surface area contributed by atoms with E-state index in [4.69, 9.17) is 14.9 Å². The Morgan fingerprint density at radius 3 is 2.44 bits per heavy atom. The number of likely N-dealkylation sites (tertiary alicyclic amines) is 1. The van der Waals surface area contributed by atoms with Gasteiger partial charge in [-0.3, -0.25) is 9.59 Å². The predicted molar refractivity (Wildman–Crippen MR) is 134 cm³/mol. The molecular weight excluding hydrogens is 458 g/mol. The number of ether oxygens (including phenoxy) is 1. The number of hydrogen-bond acceptors (Lipinski definition) is 7. The summed E-state index contributed by atoms with van der Waals surface area (Å²) in [5.41, 5.74) is 8.33. The van der Waals surface area contributed by atoms with E-state index in [-0.39, 0.29) is 36.3 Å². The summed E-state index contributed by atoms with van der Waals surface area (Å²) >= 11 is 0. The van der Waals surface area contributed by atoms with E-state index in [1.807, 2.05) is 49.9 Å². The van der Waals surface area contributed by atoms with Crippen molar-refractivity contribution in [3.05, 3.63) is 64.9 Å². The van der Waals surface area contributed by atoms with E-state index in [9.17, 15) is 9.59 Å². The third-order valence-electron chi connectivity index (χ3n) is 6.66. The van der Waals surface area contributed by atoms with Crippen molar-refractivity contribution in [1.82, 2.24) is 19.7 Å². The van der Waals surface area contributed by atoms with Gasteiger partial charge in [0, 0.05) is 36.5 Å². The molecule has 3 heterocycles. The van der Waals surface area contributed by atoms with Crippen LogP contribution in [0.15, 0.2) is 41.2 Å². The van der Waals surface area contributed by atoms with Crippen molar-refractivity contribution < 1.29 is 18.7 Å². The first-order valence-corrected chi connectivity index (χ1v) is 12.3. The number of benzene rings is 1. The molecule has 0 aliphatic carbocycles. The lowest BCUT2D eigenvalue weighted by Gasteiger charge is -2.38. The van der Waals surface area contributed by atoms with Gasteiger partial charge in [0.15, 0.2) is 5.82 Å². The Labute approximate surface area is 211 Å². The van der Waals surface area contributed by atoms with Crippen LogP contribution in [-0.4, -0.2) is 44.6 Å². The molecule has 192 valence electrons. The van der Waals surface area contributed by atoms with E-state index in [1.54, 1.807) is 6.92 Å². The highest BCUT2D eigenvalue weighted by atomic mass is 16.5. The van der Waals surface area contributed by atoms with E-state index in [0.29, 0.717) is 43.0 Å². The van der Waals surface area contributed by atoms with Crippen molar-refractivity contribution in [2.24, 2.45) is 17.1 Å². The van der Waals surface area contributed by atoms with Gasteiger partial charge in [-0.2, -0.15) is 4.98 Å². The molecule has 2 atom stereocenters. The molecule has 9 nitrogen and oxygen atoms in total. The summed E-state index contributed by atoms with van der Waals surface area (Å²) in [7, 11) is 0. The third kappa shape index (κ3) is 5.36. The molecule has 2 aromatic heterocycles. The first-order chi connectivity index (χ1) is 17.1. The third-order valence-corrected chi connectivity index (χ3v) is 6.66. The fraction of sp³-hybridized carbons (Fsp3) is 0.481. The largest absolute Gasteiger partial charge is 0.471 e. The number of nitrogens with zero attached hydrogens (tertiary/aromatic N) is 4. The van der Waals surface area contributed by atoms with Gasteiger partial charge in [0.1, 0.15) is 12.9 Å². The molecule has 1 aliphatic heterocycles. The molecule has 1 aromatic carbocycles.